The Balaban J connectivity index is 2.89. The molecule has 1 heterocycles. The Bertz CT molecular complexity index is 513. The average Bonchev–Trinajstić information content (AvgIpc) is 2.08. The lowest BCUT2D eigenvalue weighted by Crippen LogP contribution is -2.33. The van der Waals surface area contributed by atoms with Crippen LogP contribution in [-0.2, 0) is 0 Å². The standard InChI is InChI=1S/C9H8IN3O/c1-5-3-7-8(4-6(5)2)13(14)12-9(10)11-7/h3-4H,1-2H3. The molecule has 1 aromatic heterocycles. The lowest BCUT2D eigenvalue weighted by molar-refractivity contribution is -0.644. The van der Waals surface area contributed by atoms with Crippen LogP contribution >= 0.6 is 22.6 Å². The van der Waals surface area contributed by atoms with Crippen LogP contribution in [0.1, 0.15) is 11.1 Å². The molecule has 0 amide bonds. The second-order valence-electron chi connectivity index (χ2n) is 3.18. The van der Waals surface area contributed by atoms with Crippen molar-refractivity contribution >= 4 is 33.6 Å². The molecule has 0 radical (unpaired) electrons. The summed E-state index contributed by atoms with van der Waals surface area (Å²) in [5.41, 5.74) is 3.43. The van der Waals surface area contributed by atoms with Crippen LogP contribution in [-0.4, -0.2) is 10.1 Å². The fourth-order valence-corrected chi connectivity index (χ4v) is 1.73. The van der Waals surface area contributed by atoms with E-state index in [0.29, 0.717) is 19.7 Å². The molecule has 0 spiro atoms. The van der Waals surface area contributed by atoms with Crippen LogP contribution in [0.4, 0.5) is 0 Å². The van der Waals surface area contributed by atoms with Crippen molar-refractivity contribution in [3.63, 3.8) is 0 Å². The average molecular weight is 301 g/mol. The maximum Gasteiger partial charge on any atom is 0.270 e. The molecule has 0 atom stereocenters. The van der Waals surface area contributed by atoms with E-state index < -0.39 is 0 Å². The van der Waals surface area contributed by atoms with Crippen LogP contribution in [0.2, 0.25) is 0 Å². The number of hydrogen-bond donors (Lipinski definition) is 0. The molecule has 4 nitrogen and oxygen atoms in total. The van der Waals surface area contributed by atoms with Gasteiger partial charge in [0.15, 0.2) is 0 Å². The number of rotatable bonds is 0. The van der Waals surface area contributed by atoms with Crippen molar-refractivity contribution in [2.24, 2.45) is 0 Å². The number of aryl methyl sites for hydroxylation is 2. The maximum absolute atomic E-state index is 11.4. The SMILES string of the molecule is Cc1cc2nc(I)n[n+]([O-])c2cc1C. The Morgan fingerprint density at radius 3 is 2.64 bits per heavy atom. The largest absolute Gasteiger partial charge is 0.594 e. The summed E-state index contributed by atoms with van der Waals surface area (Å²) in [4.78, 5) is 4.81. The highest BCUT2D eigenvalue weighted by atomic mass is 127. The van der Waals surface area contributed by atoms with Crippen molar-refractivity contribution in [1.82, 2.24) is 10.1 Å². The van der Waals surface area contributed by atoms with Crippen LogP contribution in [0.15, 0.2) is 12.1 Å². The zero-order valence-corrected chi connectivity index (χ0v) is 9.94. The Morgan fingerprint density at radius 1 is 1.29 bits per heavy atom. The number of fused-ring (bicyclic) bond motifs is 1. The Labute approximate surface area is 94.7 Å². The number of nitrogens with zero attached hydrogens (tertiary/aromatic N) is 3. The summed E-state index contributed by atoms with van der Waals surface area (Å²) in [6, 6.07) is 3.72. The van der Waals surface area contributed by atoms with Gasteiger partial charge in [0.2, 0.25) is 0 Å². The molecule has 1 aromatic carbocycles. The van der Waals surface area contributed by atoms with Gasteiger partial charge in [-0.15, -0.1) is 0 Å². The molecule has 0 aliphatic rings. The molecule has 5 heteroatoms. The van der Waals surface area contributed by atoms with Crippen molar-refractivity contribution in [3.8, 4) is 0 Å². The van der Waals surface area contributed by atoms with Gasteiger partial charge in [0.1, 0.15) is 5.52 Å². The molecular formula is C9H8IN3O. The van der Waals surface area contributed by atoms with Crippen LogP contribution in [0.5, 0.6) is 0 Å². The van der Waals surface area contributed by atoms with E-state index in [2.05, 4.69) is 10.1 Å². The Morgan fingerprint density at radius 2 is 1.93 bits per heavy atom. The maximum atomic E-state index is 11.4. The van der Waals surface area contributed by atoms with E-state index in [1.54, 1.807) is 0 Å². The van der Waals surface area contributed by atoms with Crippen molar-refractivity contribution < 1.29 is 4.85 Å². The third kappa shape index (κ3) is 1.52. The summed E-state index contributed by atoms with van der Waals surface area (Å²) in [6.07, 6.45) is 0. The molecule has 0 saturated heterocycles. The highest BCUT2D eigenvalue weighted by Crippen LogP contribution is 2.14. The van der Waals surface area contributed by atoms with Gasteiger partial charge in [-0.25, -0.2) is 4.98 Å². The van der Waals surface area contributed by atoms with Gasteiger partial charge in [0, 0.05) is 33.8 Å². The van der Waals surface area contributed by atoms with Crippen LogP contribution in [0, 0.1) is 22.9 Å². The highest BCUT2D eigenvalue weighted by Gasteiger charge is 2.10. The molecule has 0 saturated carbocycles. The predicted molar refractivity (Wildman–Crippen MR) is 60.7 cm³/mol. The zero-order chi connectivity index (χ0) is 10.3. The Kier molecular flexibility index (Phi) is 2.26. The summed E-state index contributed by atoms with van der Waals surface area (Å²) in [6.45, 7) is 3.96. The van der Waals surface area contributed by atoms with Crippen LogP contribution in [0.3, 0.4) is 0 Å². The van der Waals surface area contributed by atoms with E-state index in [1.165, 1.54) is 0 Å². The topological polar surface area (TPSA) is 52.7 Å². The van der Waals surface area contributed by atoms with Gasteiger partial charge in [-0.1, -0.05) is 0 Å². The molecule has 0 aliphatic carbocycles. The highest BCUT2D eigenvalue weighted by molar-refractivity contribution is 14.1. The Hall–Kier alpha value is -0.980. The minimum atomic E-state index is 0.466. The second-order valence-corrected chi connectivity index (χ2v) is 4.14. The van der Waals surface area contributed by atoms with Crippen molar-refractivity contribution in [1.29, 1.82) is 0 Å². The van der Waals surface area contributed by atoms with Gasteiger partial charge in [0.25, 0.3) is 9.35 Å². The smallest absolute Gasteiger partial charge is 0.270 e. The lowest BCUT2D eigenvalue weighted by atomic mass is 10.1. The summed E-state index contributed by atoms with van der Waals surface area (Å²) < 4.78 is 0.466. The first kappa shape index (κ1) is 9.57. The minimum absolute atomic E-state index is 0.466. The first-order valence-corrected chi connectivity index (χ1v) is 5.20. The monoisotopic (exact) mass is 301 g/mol. The van der Waals surface area contributed by atoms with Gasteiger partial charge in [-0.3, -0.25) is 0 Å². The van der Waals surface area contributed by atoms with Gasteiger partial charge >= 0.3 is 0 Å². The molecule has 0 bridgehead atoms. The van der Waals surface area contributed by atoms with Crippen molar-refractivity contribution in [2.45, 2.75) is 13.8 Å². The predicted octanol–water partition coefficient (Wildman–Crippen LogP) is 1.48. The van der Waals surface area contributed by atoms with Crippen LogP contribution in [0.25, 0.3) is 11.0 Å². The summed E-state index contributed by atoms with van der Waals surface area (Å²) in [5.74, 6) is 0. The number of benzene rings is 1. The molecule has 0 aliphatic heterocycles. The summed E-state index contributed by atoms with van der Waals surface area (Å²) in [7, 11) is 0. The van der Waals surface area contributed by atoms with E-state index in [-0.39, 0.29) is 0 Å². The van der Waals surface area contributed by atoms with Gasteiger partial charge in [-0.2, -0.15) is 0 Å². The fraction of sp³-hybridized carbons (Fsp3) is 0.222. The second kappa shape index (κ2) is 3.30. The van der Waals surface area contributed by atoms with E-state index in [1.807, 2.05) is 48.6 Å². The number of hydrogen-bond acceptors (Lipinski definition) is 3. The minimum Gasteiger partial charge on any atom is -0.594 e. The van der Waals surface area contributed by atoms with Gasteiger partial charge in [0.05, 0.1) is 0 Å². The van der Waals surface area contributed by atoms with Gasteiger partial charge in [-0.05, 0) is 35.9 Å². The molecule has 0 N–H and O–H groups in total. The summed E-state index contributed by atoms with van der Waals surface area (Å²) >= 11 is 1.93. The third-order valence-electron chi connectivity index (χ3n) is 2.18. The lowest BCUT2D eigenvalue weighted by Gasteiger charge is -2.02. The molecule has 14 heavy (non-hydrogen) atoms. The van der Waals surface area contributed by atoms with E-state index in [4.69, 9.17) is 0 Å². The van der Waals surface area contributed by atoms with Crippen molar-refractivity contribution in [3.05, 3.63) is 32.3 Å². The first-order chi connectivity index (χ1) is 6.58. The quantitative estimate of drug-likeness (QED) is 0.421. The molecule has 0 fully saturated rings. The number of halogens is 1. The zero-order valence-electron chi connectivity index (χ0n) is 7.78. The van der Waals surface area contributed by atoms with Gasteiger partial charge < -0.3 is 5.21 Å². The van der Waals surface area contributed by atoms with E-state index >= 15 is 0 Å². The fourth-order valence-electron chi connectivity index (χ4n) is 1.28. The molecule has 72 valence electrons. The molecule has 2 rings (SSSR count). The van der Waals surface area contributed by atoms with Crippen LogP contribution < -0.4 is 4.85 Å². The van der Waals surface area contributed by atoms with E-state index in [9.17, 15) is 5.21 Å². The normalized spacial score (nSPS) is 10.8. The first-order valence-electron chi connectivity index (χ1n) is 4.12. The van der Waals surface area contributed by atoms with Crippen molar-refractivity contribution in [2.75, 3.05) is 0 Å². The third-order valence-corrected chi connectivity index (χ3v) is 2.64. The summed E-state index contributed by atoms with van der Waals surface area (Å²) in [5, 5.41) is 15.1. The van der Waals surface area contributed by atoms with E-state index in [0.717, 1.165) is 11.1 Å². The number of aromatic nitrogens is 3. The molecular weight excluding hydrogens is 293 g/mol. The molecule has 0 unspecified atom stereocenters. The molecule has 2 aromatic rings.